The largest absolute Gasteiger partial charge is 0.490 e. The van der Waals surface area contributed by atoms with Gasteiger partial charge in [-0.1, -0.05) is 23.7 Å². The fraction of sp³-hybridized carbons (Fsp3) is 0.484. The molecule has 198 valence electrons. The van der Waals surface area contributed by atoms with Crippen LogP contribution in [0.1, 0.15) is 43.2 Å². The van der Waals surface area contributed by atoms with Gasteiger partial charge >= 0.3 is 0 Å². The molecule has 0 radical (unpaired) electrons. The number of nitrogens with one attached hydrogen (secondary N) is 1. The molecule has 0 bridgehead atoms. The second-order valence-corrected chi connectivity index (χ2v) is 11.6. The van der Waals surface area contributed by atoms with Crippen LogP contribution < -0.4 is 15.0 Å². The third kappa shape index (κ3) is 5.76. The number of hydrogen-bond donors (Lipinski definition) is 1. The lowest BCUT2D eigenvalue weighted by Gasteiger charge is -2.44. The van der Waals surface area contributed by atoms with Crippen molar-refractivity contribution in [3.05, 3.63) is 70.4 Å². The average Bonchev–Trinajstić information content (AvgIpc) is 3.42. The monoisotopic (exact) mass is 529 g/mol. The molecule has 0 amide bonds. The van der Waals surface area contributed by atoms with Crippen LogP contribution in [0, 0.1) is 23.2 Å². The summed E-state index contributed by atoms with van der Waals surface area (Å²) in [5, 5.41) is 13.0. The normalized spacial score (nSPS) is 24.4. The molecule has 6 rings (SSSR count). The highest BCUT2D eigenvalue weighted by molar-refractivity contribution is 6.31. The van der Waals surface area contributed by atoms with Gasteiger partial charge in [0.25, 0.3) is 0 Å². The second-order valence-electron chi connectivity index (χ2n) is 11.2. The summed E-state index contributed by atoms with van der Waals surface area (Å²) >= 11 is 6.17. The smallest absolute Gasteiger partial charge is 0.121 e. The van der Waals surface area contributed by atoms with Gasteiger partial charge in [0.2, 0.25) is 0 Å². The van der Waals surface area contributed by atoms with E-state index in [1.807, 2.05) is 6.07 Å². The quantitative estimate of drug-likeness (QED) is 0.529. The lowest BCUT2D eigenvalue weighted by molar-refractivity contribution is 0.139. The molecule has 0 unspecified atom stereocenters. The van der Waals surface area contributed by atoms with E-state index in [9.17, 15) is 0 Å². The molecule has 4 aliphatic rings. The Morgan fingerprint density at radius 2 is 1.79 bits per heavy atom. The molecule has 38 heavy (non-hydrogen) atoms. The van der Waals surface area contributed by atoms with E-state index >= 15 is 0 Å². The van der Waals surface area contributed by atoms with E-state index in [0.717, 1.165) is 56.9 Å². The number of benzene rings is 2. The van der Waals surface area contributed by atoms with E-state index in [1.54, 1.807) is 12.1 Å². The Hall–Kier alpha value is -2.85. The van der Waals surface area contributed by atoms with Crippen molar-refractivity contribution in [2.75, 3.05) is 50.7 Å². The minimum atomic E-state index is 0.197. The molecule has 0 atom stereocenters. The van der Waals surface area contributed by atoms with E-state index in [-0.39, 0.29) is 6.10 Å². The number of ether oxygens (including phenoxy) is 1. The molecule has 2 aromatic carbocycles. The third-order valence-electron chi connectivity index (χ3n) is 8.57. The zero-order valence-corrected chi connectivity index (χ0v) is 22.7. The van der Waals surface area contributed by atoms with Gasteiger partial charge in [0.1, 0.15) is 11.8 Å². The molecule has 1 N–H and O–H groups in total. The van der Waals surface area contributed by atoms with Crippen molar-refractivity contribution in [1.82, 2.24) is 10.2 Å². The molecule has 7 heteroatoms. The van der Waals surface area contributed by atoms with Crippen molar-refractivity contribution in [1.29, 1.82) is 5.26 Å². The third-order valence-corrected chi connectivity index (χ3v) is 8.88. The fourth-order valence-electron chi connectivity index (χ4n) is 6.30. The lowest BCUT2D eigenvalue weighted by Crippen LogP contribution is -2.54. The summed E-state index contributed by atoms with van der Waals surface area (Å²) < 4.78 is 6.18. The molecule has 0 aromatic heterocycles. The maximum atomic E-state index is 9.06. The summed E-state index contributed by atoms with van der Waals surface area (Å²) in [7, 11) is 0. The van der Waals surface area contributed by atoms with Crippen molar-refractivity contribution in [2.45, 2.75) is 38.2 Å². The van der Waals surface area contributed by atoms with Crippen LogP contribution in [0.15, 0.2) is 59.2 Å². The Morgan fingerprint density at radius 3 is 2.50 bits per heavy atom. The topological polar surface area (TPSA) is 63.9 Å². The molecule has 2 saturated heterocycles. The minimum Gasteiger partial charge on any atom is -0.490 e. The highest BCUT2D eigenvalue weighted by Crippen LogP contribution is 2.37. The standard InChI is InChI=1S/C31H36ClN5O/c32-30-16-29(10-5-25(30)17-33)38-28-8-3-23(4-9-28)26-15-31(35-18-26)24-1-6-27(7-2-24)37-20-22(21-37)19-36-13-11-34-12-14-36/h1-2,5-7,10,16,18,22-23,28,34H,3-4,8-9,11-15,19-21H2. The number of piperazine rings is 1. The number of nitriles is 1. The van der Waals surface area contributed by atoms with E-state index < -0.39 is 0 Å². The van der Waals surface area contributed by atoms with Gasteiger partial charge in [0.15, 0.2) is 0 Å². The van der Waals surface area contributed by atoms with Crippen LogP contribution in [-0.2, 0) is 0 Å². The van der Waals surface area contributed by atoms with Crippen LogP contribution in [0.4, 0.5) is 5.69 Å². The number of allylic oxidation sites excluding steroid dienone is 1. The highest BCUT2D eigenvalue weighted by Gasteiger charge is 2.30. The number of hydrogen-bond acceptors (Lipinski definition) is 6. The Kier molecular flexibility index (Phi) is 7.69. The number of aliphatic imine (C=N–C) groups is 1. The second kappa shape index (κ2) is 11.5. The summed E-state index contributed by atoms with van der Waals surface area (Å²) in [5.41, 5.74) is 5.71. The molecular weight excluding hydrogens is 494 g/mol. The minimum absolute atomic E-state index is 0.197. The maximum absolute atomic E-state index is 9.06. The van der Waals surface area contributed by atoms with Gasteiger partial charge in [0, 0.05) is 76.1 Å². The summed E-state index contributed by atoms with van der Waals surface area (Å²) in [6, 6.07) is 16.5. The first-order valence-electron chi connectivity index (χ1n) is 14.0. The number of nitrogens with zero attached hydrogens (tertiary/aromatic N) is 4. The van der Waals surface area contributed by atoms with Crippen molar-refractivity contribution in [3.8, 4) is 11.8 Å². The van der Waals surface area contributed by atoms with Crippen LogP contribution in [0.3, 0.4) is 0 Å². The number of rotatable bonds is 7. The Balaban J connectivity index is 0.945. The predicted octanol–water partition coefficient (Wildman–Crippen LogP) is 5.27. The van der Waals surface area contributed by atoms with Gasteiger partial charge in [-0.05, 0) is 67.0 Å². The molecule has 2 aromatic rings. The molecule has 0 spiro atoms. The van der Waals surface area contributed by atoms with Crippen molar-refractivity contribution < 1.29 is 4.74 Å². The van der Waals surface area contributed by atoms with Crippen LogP contribution >= 0.6 is 11.6 Å². The maximum Gasteiger partial charge on any atom is 0.121 e. The van der Waals surface area contributed by atoms with Crippen LogP contribution in [0.25, 0.3) is 0 Å². The first kappa shape index (κ1) is 25.4. The van der Waals surface area contributed by atoms with Crippen LogP contribution in [0.2, 0.25) is 5.02 Å². The molecule has 1 saturated carbocycles. The molecule has 3 aliphatic heterocycles. The van der Waals surface area contributed by atoms with Crippen LogP contribution in [0.5, 0.6) is 5.75 Å². The van der Waals surface area contributed by atoms with E-state index in [0.29, 0.717) is 16.5 Å². The molecule has 3 fully saturated rings. The molecule has 3 heterocycles. The van der Waals surface area contributed by atoms with Crippen LogP contribution in [-0.4, -0.2) is 62.5 Å². The summed E-state index contributed by atoms with van der Waals surface area (Å²) in [4.78, 5) is 9.93. The molecule has 1 aliphatic carbocycles. The molecule has 6 nitrogen and oxygen atoms in total. The van der Waals surface area contributed by atoms with Crippen molar-refractivity contribution >= 4 is 23.0 Å². The zero-order chi connectivity index (χ0) is 25.9. The fourth-order valence-corrected chi connectivity index (χ4v) is 6.51. The lowest BCUT2D eigenvalue weighted by atomic mass is 9.81. The first-order chi connectivity index (χ1) is 18.6. The summed E-state index contributed by atoms with van der Waals surface area (Å²) in [5.74, 6) is 2.12. The van der Waals surface area contributed by atoms with Crippen molar-refractivity contribution in [2.24, 2.45) is 16.8 Å². The van der Waals surface area contributed by atoms with E-state index in [1.165, 1.54) is 55.3 Å². The van der Waals surface area contributed by atoms with Gasteiger partial charge in [-0.15, -0.1) is 0 Å². The number of anilines is 1. The Labute approximate surface area is 230 Å². The molecular formula is C31H36ClN5O. The zero-order valence-electron chi connectivity index (χ0n) is 21.9. The summed E-state index contributed by atoms with van der Waals surface area (Å²) in [6.07, 6.45) is 7.55. The predicted molar refractivity (Wildman–Crippen MR) is 153 cm³/mol. The van der Waals surface area contributed by atoms with Gasteiger partial charge in [-0.3, -0.25) is 4.99 Å². The van der Waals surface area contributed by atoms with E-state index in [2.05, 4.69) is 51.7 Å². The van der Waals surface area contributed by atoms with E-state index in [4.69, 9.17) is 26.6 Å². The Bertz CT molecular complexity index is 1230. The average molecular weight is 530 g/mol. The van der Waals surface area contributed by atoms with Gasteiger partial charge in [-0.25, -0.2) is 0 Å². The Morgan fingerprint density at radius 1 is 1.03 bits per heavy atom. The van der Waals surface area contributed by atoms with Gasteiger partial charge in [0.05, 0.1) is 22.4 Å². The SMILES string of the molecule is N#Cc1ccc(OC2CCC(C3=CN=C(c4ccc(N5CC(CN6CCNCC6)C5)cc4)C3)CC2)cc1Cl. The van der Waals surface area contributed by atoms with Gasteiger partial charge in [-0.2, -0.15) is 5.26 Å². The number of halogens is 1. The first-order valence-corrected chi connectivity index (χ1v) is 14.4. The van der Waals surface area contributed by atoms with Gasteiger partial charge < -0.3 is 19.9 Å². The highest BCUT2D eigenvalue weighted by atomic mass is 35.5. The van der Waals surface area contributed by atoms with Crippen molar-refractivity contribution in [3.63, 3.8) is 0 Å². The summed E-state index contributed by atoms with van der Waals surface area (Å²) in [6.45, 7) is 8.20.